The summed E-state index contributed by atoms with van der Waals surface area (Å²) in [6.07, 6.45) is 0.643. The minimum absolute atomic E-state index is 0.107. The smallest absolute Gasteiger partial charge is 0.273 e. The Morgan fingerprint density at radius 2 is 2.09 bits per heavy atom. The van der Waals surface area contributed by atoms with Crippen molar-refractivity contribution < 1.29 is 19.1 Å². The lowest BCUT2D eigenvalue weighted by atomic mass is 10.2. The van der Waals surface area contributed by atoms with Crippen LogP contribution in [0.4, 0.5) is 0 Å². The van der Waals surface area contributed by atoms with E-state index in [0.29, 0.717) is 18.1 Å². The van der Waals surface area contributed by atoms with Crippen LogP contribution in [-0.4, -0.2) is 35.8 Å². The first-order valence-corrected chi connectivity index (χ1v) is 7.12. The summed E-state index contributed by atoms with van der Waals surface area (Å²) in [7, 11) is 1.60. The summed E-state index contributed by atoms with van der Waals surface area (Å²) < 4.78 is 10.7. The van der Waals surface area contributed by atoms with Gasteiger partial charge in [0, 0.05) is 5.56 Å². The second-order valence-electron chi connectivity index (χ2n) is 4.91. The van der Waals surface area contributed by atoms with E-state index in [1.54, 1.807) is 26.2 Å². The lowest BCUT2D eigenvalue weighted by Gasteiger charge is -2.12. The zero-order valence-corrected chi connectivity index (χ0v) is 12.9. The molecule has 2 N–H and O–H groups in total. The van der Waals surface area contributed by atoms with E-state index in [4.69, 9.17) is 14.3 Å². The topological polar surface area (TPSA) is 84.6 Å². The molecular weight excluding hydrogens is 284 g/mol. The first-order valence-electron chi connectivity index (χ1n) is 7.12. The second kappa shape index (κ2) is 7.09. The number of carbonyl (C=O) groups excluding carboxylic acids is 1. The number of nitrogens with one attached hydrogen (secondary N) is 1. The van der Waals surface area contributed by atoms with E-state index in [0.717, 1.165) is 11.3 Å². The molecule has 0 saturated carbocycles. The van der Waals surface area contributed by atoms with Crippen molar-refractivity contribution >= 4 is 5.91 Å². The van der Waals surface area contributed by atoms with E-state index in [2.05, 4.69) is 10.3 Å². The molecule has 0 saturated heterocycles. The number of amides is 1. The lowest BCUT2D eigenvalue weighted by molar-refractivity contribution is 0.0909. The third kappa shape index (κ3) is 3.46. The highest BCUT2D eigenvalue weighted by Gasteiger charge is 2.20. The van der Waals surface area contributed by atoms with Gasteiger partial charge >= 0.3 is 0 Å². The molecule has 6 heteroatoms. The number of aromatic nitrogens is 1. The summed E-state index contributed by atoms with van der Waals surface area (Å²) in [6.45, 7) is 3.47. The molecule has 1 unspecified atom stereocenters. The number of hydrogen-bond donors (Lipinski definition) is 2. The molecule has 1 atom stereocenters. The molecule has 1 aromatic carbocycles. The molecule has 1 aromatic heterocycles. The molecule has 118 valence electrons. The zero-order chi connectivity index (χ0) is 16.1. The van der Waals surface area contributed by atoms with Crippen molar-refractivity contribution in [2.75, 3.05) is 13.7 Å². The number of ether oxygens (including phenoxy) is 1. The maximum atomic E-state index is 12.2. The highest BCUT2D eigenvalue weighted by atomic mass is 16.5. The predicted octanol–water partition coefficient (Wildman–Crippen LogP) is 2.16. The molecule has 0 aliphatic rings. The van der Waals surface area contributed by atoms with Crippen molar-refractivity contribution in [1.82, 2.24) is 10.3 Å². The summed E-state index contributed by atoms with van der Waals surface area (Å²) in [5.41, 5.74) is 0.995. The van der Waals surface area contributed by atoms with Crippen LogP contribution in [-0.2, 0) is 0 Å². The first-order chi connectivity index (χ1) is 10.6. The molecule has 22 heavy (non-hydrogen) atoms. The molecule has 0 radical (unpaired) electrons. The molecule has 1 heterocycles. The quantitative estimate of drug-likeness (QED) is 0.854. The number of hydrogen-bond acceptors (Lipinski definition) is 5. The van der Waals surface area contributed by atoms with Gasteiger partial charge in [0.25, 0.3) is 5.91 Å². The summed E-state index contributed by atoms with van der Waals surface area (Å²) in [4.78, 5) is 16.4. The molecule has 6 nitrogen and oxygen atoms in total. The molecule has 0 bridgehead atoms. The van der Waals surface area contributed by atoms with Crippen molar-refractivity contribution in [1.29, 1.82) is 0 Å². The Balaban J connectivity index is 2.21. The monoisotopic (exact) mass is 304 g/mol. The Bertz CT molecular complexity index is 630. The summed E-state index contributed by atoms with van der Waals surface area (Å²) >= 11 is 0. The highest BCUT2D eigenvalue weighted by Crippen LogP contribution is 2.24. The Labute approximate surface area is 129 Å². The average Bonchev–Trinajstić information content (AvgIpc) is 2.94. The highest BCUT2D eigenvalue weighted by molar-refractivity contribution is 5.93. The van der Waals surface area contributed by atoms with E-state index in [1.807, 2.05) is 19.1 Å². The number of aliphatic hydroxyl groups excluding tert-OH is 1. The van der Waals surface area contributed by atoms with Gasteiger partial charge in [-0.3, -0.25) is 4.79 Å². The van der Waals surface area contributed by atoms with Crippen LogP contribution in [0.3, 0.4) is 0 Å². The van der Waals surface area contributed by atoms with Crippen LogP contribution >= 0.6 is 0 Å². The normalized spacial score (nSPS) is 12.0. The third-order valence-electron chi connectivity index (χ3n) is 3.40. The van der Waals surface area contributed by atoms with Crippen LogP contribution in [0.1, 0.15) is 29.6 Å². The number of oxazole rings is 1. The van der Waals surface area contributed by atoms with Crippen LogP contribution in [0.25, 0.3) is 11.5 Å². The molecule has 2 rings (SSSR count). The van der Waals surface area contributed by atoms with Gasteiger partial charge in [-0.1, -0.05) is 6.92 Å². The fraction of sp³-hybridized carbons (Fsp3) is 0.375. The molecule has 2 aromatic rings. The Kier molecular flexibility index (Phi) is 5.16. The molecule has 1 amide bonds. The van der Waals surface area contributed by atoms with Crippen LogP contribution in [0.2, 0.25) is 0 Å². The number of rotatable bonds is 6. The van der Waals surface area contributed by atoms with Gasteiger partial charge in [0.05, 0.1) is 19.8 Å². The van der Waals surface area contributed by atoms with Gasteiger partial charge in [-0.2, -0.15) is 0 Å². The molecule has 0 aliphatic carbocycles. The number of benzene rings is 1. The van der Waals surface area contributed by atoms with Crippen molar-refractivity contribution in [3.63, 3.8) is 0 Å². The Hall–Kier alpha value is -2.34. The van der Waals surface area contributed by atoms with Crippen LogP contribution in [0.5, 0.6) is 5.75 Å². The number of aliphatic hydroxyl groups is 1. The average molecular weight is 304 g/mol. The van der Waals surface area contributed by atoms with E-state index < -0.39 is 0 Å². The van der Waals surface area contributed by atoms with Gasteiger partial charge in [-0.25, -0.2) is 4.98 Å². The van der Waals surface area contributed by atoms with Crippen molar-refractivity contribution in [3.8, 4) is 17.2 Å². The van der Waals surface area contributed by atoms with Gasteiger partial charge in [-0.15, -0.1) is 0 Å². The van der Waals surface area contributed by atoms with Gasteiger partial charge in [0.1, 0.15) is 11.5 Å². The predicted molar refractivity (Wildman–Crippen MR) is 81.9 cm³/mol. The maximum Gasteiger partial charge on any atom is 0.273 e. The number of carbonyl (C=O) groups is 1. The fourth-order valence-electron chi connectivity index (χ4n) is 1.99. The number of nitrogens with zero attached hydrogens (tertiary/aromatic N) is 1. The van der Waals surface area contributed by atoms with Gasteiger partial charge in [0.15, 0.2) is 5.69 Å². The maximum absolute atomic E-state index is 12.2. The second-order valence-corrected chi connectivity index (χ2v) is 4.91. The minimum Gasteiger partial charge on any atom is -0.497 e. The summed E-state index contributed by atoms with van der Waals surface area (Å²) in [5, 5.41) is 11.9. The Morgan fingerprint density at radius 1 is 1.41 bits per heavy atom. The summed E-state index contributed by atoms with van der Waals surface area (Å²) in [5.74, 6) is 1.21. The van der Waals surface area contributed by atoms with E-state index in [9.17, 15) is 4.79 Å². The van der Waals surface area contributed by atoms with E-state index in [1.165, 1.54) is 0 Å². The van der Waals surface area contributed by atoms with Crippen LogP contribution < -0.4 is 10.1 Å². The van der Waals surface area contributed by atoms with Crippen molar-refractivity contribution in [3.05, 3.63) is 35.7 Å². The van der Waals surface area contributed by atoms with Crippen LogP contribution in [0.15, 0.2) is 28.7 Å². The summed E-state index contributed by atoms with van der Waals surface area (Å²) in [6, 6.07) is 6.94. The third-order valence-corrected chi connectivity index (χ3v) is 3.40. The molecule has 0 spiro atoms. The lowest BCUT2D eigenvalue weighted by Crippen LogP contribution is -2.37. The van der Waals surface area contributed by atoms with E-state index in [-0.39, 0.29) is 24.2 Å². The largest absolute Gasteiger partial charge is 0.497 e. The molecule has 0 fully saturated rings. The van der Waals surface area contributed by atoms with Crippen LogP contribution in [0, 0.1) is 6.92 Å². The first kappa shape index (κ1) is 16.0. The Morgan fingerprint density at radius 3 is 2.64 bits per heavy atom. The van der Waals surface area contributed by atoms with Crippen molar-refractivity contribution in [2.45, 2.75) is 26.3 Å². The minimum atomic E-state index is -0.345. The van der Waals surface area contributed by atoms with Gasteiger partial charge in [-0.05, 0) is 37.6 Å². The molecular formula is C16H20N2O4. The zero-order valence-electron chi connectivity index (χ0n) is 12.9. The standard InChI is InChI=1S/C16H20N2O4/c1-4-12(9-19)17-15(20)14-10(2)22-16(18-14)11-5-7-13(21-3)8-6-11/h5-8,12,19H,4,9H2,1-3H3,(H,17,20). The SMILES string of the molecule is CCC(CO)NC(=O)c1nc(-c2ccc(OC)cc2)oc1C. The number of aryl methyl sites for hydroxylation is 1. The number of methoxy groups -OCH3 is 1. The fourth-order valence-corrected chi connectivity index (χ4v) is 1.99. The van der Waals surface area contributed by atoms with E-state index >= 15 is 0 Å². The molecule has 0 aliphatic heterocycles. The van der Waals surface area contributed by atoms with Gasteiger partial charge in [0.2, 0.25) is 5.89 Å². The van der Waals surface area contributed by atoms with Gasteiger partial charge < -0.3 is 19.6 Å². The van der Waals surface area contributed by atoms with Crippen molar-refractivity contribution in [2.24, 2.45) is 0 Å².